The molecule has 0 aromatic carbocycles. The van der Waals surface area contributed by atoms with Gasteiger partial charge < -0.3 is 4.74 Å². The van der Waals surface area contributed by atoms with E-state index >= 15 is 0 Å². The molecular formula is C14H24O2. The molecule has 0 amide bonds. The molecule has 0 bridgehead atoms. The van der Waals surface area contributed by atoms with E-state index < -0.39 is 0 Å². The van der Waals surface area contributed by atoms with Gasteiger partial charge in [0.25, 0.3) is 0 Å². The third-order valence-electron chi connectivity index (χ3n) is 3.72. The van der Waals surface area contributed by atoms with E-state index in [-0.39, 0.29) is 5.97 Å². The first-order valence-electron chi connectivity index (χ1n) is 6.32. The Labute approximate surface area is 99.1 Å². The van der Waals surface area contributed by atoms with Crippen molar-refractivity contribution in [2.45, 2.75) is 47.0 Å². The summed E-state index contributed by atoms with van der Waals surface area (Å²) >= 11 is 0. The molecule has 1 saturated carbocycles. The maximum absolute atomic E-state index is 11.3. The van der Waals surface area contributed by atoms with Crippen LogP contribution in [0.15, 0.2) is 12.2 Å². The zero-order valence-corrected chi connectivity index (χ0v) is 11.0. The van der Waals surface area contributed by atoms with Gasteiger partial charge in [-0.2, -0.15) is 0 Å². The molecule has 1 aliphatic carbocycles. The van der Waals surface area contributed by atoms with Crippen molar-refractivity contribution < 1.29 is 9.53 Å². The van der Waals surface area contributed by atoms with Gasteiger partial charge in [0.2, 0.25) is 0 Å². The highest BCUT2D eigenvalue weighted by Gasteiger charge is 2.34. The van der Waals surface area contributed by atoms with Gasteiger partial charge in [-0.25, -0.2) is 4.79 Å². The van der Waals surface area contributed by atoms with Crippen LogP contribution < -0.4 is 0 Å². The molecule has 0 radical (unpaired) electrons. The van der Waals surface area contributed by atoms with Crippen LogP contribution in [0.2, 0.25) is 0 Å². The first-order valence-corrected chi connectivity index (χ1v) is 6.32. The van der Waals surface area contributed by atoms with E-state index in [1.54, 1.807) is 6.08 Å². The Bertz CT molecular complexity index is 266. The van der Waals surface area contributed by atoms with Crippen LogP contribution in [0.1, 0.15) is 47.0 Å². The van der Waals surface area contributed by atoms with Crippen LogP contribution in [0.25, 0.3) is 0 Å². The normalized spacial score (nSPS) is 29.2. The molecule has 1 fully saturated rings. The van der Waals surface area contributed by atoms with E-state index in [4.69, 9.17) is 4.74 Å². The third kappa shape index (κ3) is 3.36. The maximum Gasteiger partial charge on any atom is 0.330 e. The Morgan fingerprint density at radius 3 is 2.75 bits per heavy atom. The van der Waals surface area contributed by atoms with Crippen LogP contribution >= 0.6 is 0 Å². The number of allylic oxidation sites excluding steroid dienone is 1. The molecule has 0 heterocycles. The molecule has 0 aromatic rings. The topological polar surface area (TPSA) is 26.3 Å². The molecule has 0 spiro atoms. The molecular weight excluding hydrogens is 200 g/mol. The highest BCUT2D eigenvalue weighted by Crippen LogP contribution is 2.44. The van der Waals surface area contributed by atoms with E-state index in [2.05, 4.69) is 26.8 Å². The molecule has 0 saturated heterocycles. The van der Waals surface area contributed by atoms with Crippen LogP contribution in [-0.2, 0) is 9.53 Å². The minimum absolute atomic E-state index is 0.212. The average Bonchev–Trinajstić information content (AvgIpc) is 2.16. The summed E-state index contributed by atoms with van der Waals surface area (Å²) < 4.78 is 4.91. The molecule has 0 aromatic heterocycles. The number of carbonyl (C=O) groups is 1. The van der Waals surface area contributed by atoms with Gasteiger partial charge in [-0.15, -0.1) is 0 Å². The van der Waals surface area contributed by atoms with Gasteiger partial charge in [0, 0.05) is 6.08 Å². The van der Waals surface area contributed by atoms with E-state index in [1.165, 1.54) is 19.3 Å². The molecule has 1 aliphatic rings. The first kappa shape index (κ1) is 13.3. The minimum Gasteiger partial charge on any atom is -0.463 e. The zero-order valence-electron chi connectivity index (χ0n) is 11.0. The number of hydrogen-bond acceptors (Lipinski definition) is 2. The number of carbonyl (C=O) groups excluding carboxylic acids is 1. The van der Waals surface area contributed by atoms with Crippen molar-refractivity contribution in [1.82, 2.24) is 0 Å². The van der Waals surface area contributed by atoms with Gasteiger partial charge in [0.1, 0.15) is 0 Å². The van der Waals surface area contributed by atoms with Gasteiger partial charge in [0.05, 0.1) is 6.61 Å². The quantitative estimate of drug-likeness (QED) is 0.541. The Morgan fingerprint density at radius 2 is 2.19 bits per heavy atom. The lowest BCUT2D eigenvalue weighted by Gasteiger charge is -2.41. The molecule has 2 heteroatoms. The lowest BCUT2D eigenvalue weighted by Crippen LogP contribution is -2.32. The smallest absolute Gasteiger partial charge is 0.330 e. The molecule has 2 nitrogen and oxygen atoms in total. The van der Waals surface area contributed by atoms with Gasteiger partial charge in [-0.3, -0.25) is 0 Å². The second kappa shape index (κ2) is 5.51. The predicted molar refractivity (Wildman–Crippen MR) is 66.1 cm³/mol. The predicted octanol–water partition coefficient (Wildman–Crippen LogP) is 3.57. The molecule has 2 unspecified atom stereocenters. The summed E-state index contributed by atoms with van der Waals surface area (Å²) in [5, 5.41) is 0. The van der Waals surface area contributed by atoms with Crippen LogP contribution in [0.4, 0.5) is 0 Å². The summed E-state index contributed by atoms with van der Waals surface area (Å²) in [7, 11) is 0. The molecule has 92 valence electrons. The minimum atomic E-state index is -0.212. The molecule has 16 heavy (non-hydrogen) atoms. The summed E-state index contributed by atoms with van der Waals surface area (Å²) in [4.78, 5) is 11.3. The Morgan fingerprint density at radius 1 is 1.50 bits per heavy atom. The highest BCUT2D eigenvalue weighted by molar-refractivity contribution is 5.81. The van der Waals surface area contributed by atoms with Gasteiger partial charge in [-0.1, -0.05) is 39.7 Å². The maximum atomic E-state index is 11.3. The van der Waals surface area contributed by atoms with Crippen molar-refractivity contribution in [3.05, 3.63) is 12.2 Å². The number of hydrogen-bond donors (Lipinski definition) is 0. The number of esters is 1. The lowest BCUT2D eigenvalue weighted by molar-refractivity contribution is -0.137. The fourth-order valence-corrected chi connectivity index (χ4v) is 2.82. The van der Waals surface area contributed by atoms with Crippen molar-refractivity contribution in [3.8, 4) is 0 Å². The number of rotatable bonds is 3. The van der Waals surface area contributed by atoms with E-state index in [1.807, 2.05) is 6.92 Å². The monoisotopic (exact) mass is 224 g/mol. The Balaban J connectivity index is 2.65. The van der Waals surface area contributed by atoms with Crippen LogP contribution in [-0.4, -0.2) is 12.6 Å². The first-order chi connectivity index (χ1) is 7.47. The lowest BCUT2D eigenvalue weighted by atomic mass is 9.64. The second-order valence-electron chi connectivity index (χ2n) is 5.50. The van der Waals surface area contributed by atoms with Crippen LogP contribution in [0.5, 0.6) is 0 Å². The summed E-state index contributed by atoms with van der Waals surface area (Å²) in [5.41, 5.74) is 0.306. The second-order valence-corrected chi connectivity index (χ2v) is 5.50. The van der Waals surface area contributed by atoms with Gasteiger partial charge >= 0.3 is 5.97 Å². The van der Waals surface area contributed by atoms with Crippen molar-refractivity contribution in [2.75, 3.05) is 6.61 Å². The Hall–Kier alpha value is -0.790. The summed E-state index contributed by atoms with van der Waals surface area (Å²) in [5.74, 6) is 0.941. The van der Waals surface area contributed by atoms with Crippen molar-refractivity contribution in [3.63, 3.8) is 0 Å². The average molecular weight is 224 g/mol. The van der Waals surface area contributed by atoms with Gasteiger partial charge in [-0.05, 0) is 30.6 Å². The fraction of sp³-hybridized carbons (Fsp3) is 0.786. The van der Waals surface area contributed by atoms with E-state index in [9.17, 15) is 4.79 Å². The zero-order chi connectivity index (χ0) is 12.2. The highest BCUT2D eigenvalue weighted by atomic mass is 16.5. The fourth-order valence-electron chi connectivity index (χ4n) is 2.82. The van der Waals surface area contributed by atoms with Gasteiger partial charge in [0.15, 0.2) is 0 Å². The molecule has 0 aliphatic heterocycles. The van der Waals surface area contributed by atoms with Crippen molar-refractivity contribution in [2.24, 2.45) is 17.3 Å². The SMILES string of the molecule is CCOC(=O)C=CC1C(C)CCCC1(C)C. The van der Waals surface area contributed by atoms with Crippen molar-refractivity contribution in [1.29, 1.82) is 0 Å². The van der Waals surface area contributed by atoms with Crippen molar-refractivity contribution >= 4 is 5.97 Å². The van der Waals surface area contributed by atoms with E-state index in [0.29, 0.717) is 23.9 Å². The largest absolute Gasteiger partial charge is 0.463 e. The van der Waals surface area contributed by atoms with Crippen LogP contribution in [0, 0.1) is 17.3 Å². The molecule has 2 atom stereocenters. The summed E-state index contributed by atoms with van der Waals surface area (Å²) in [6, 6.07) is 0. The van der Waals surface area contributed by atoms with Crippen LogP contribution in [0.3, 0.4) is 0 Å². The van der Waals surface area contributed by atoms with E-state index in [0.717, 1.165) is 0 Å². The Kier molecular flexibility index (Phi) is 4.57. The number of ether oxygens (including phenoxy) is 1. The molecule has 1 rings (SSSR count). The standard InChI is InChI=1S/C14H24O2/c1-5-16-13(15)9-8-12-11(2)7-6-10-14(12,3)4/h8-9,11-12H,5-7,10H2,1-4H3. The third-order valence-corrected chi connectivity index (χ3v) is 3.72. The molecule has 0 N–H and O–H groups in total. The summed E-state index contributed by atoms with van der Waals surface area (Å²) in [6.45, 7) is 9.15. The summed E-state index contributed by atoms with van der Waals surface area (Å²) in [6.07, 6.45) is 7.48.